The van der Waals surface area contributed by atoms with Crippen molar-refractivity contribution in [1.29, 1.82) is 0 Å². The Labute approximate surface area is 145 Å². The average Bonchev–Trinajstić information content (AvgIpc) is 2.60. The van der Waals surface area contributed by atoms with E-state index < -0.39 is 0 Å². The lowest BCUT2D eigenvalue weighted by Crippen LogP contribution is -2.01. The van der Waals surface area contributed by atoms with Gasteiger partial charge < -0.3 is 14.9 Å². The van der Waals surface area contributed by atoms with Gasteiger partial charge in [0.05, 0.1) is 13.5 Å². The second kappa shape index (κ2) is 8.49. The second-order valence-electron chi connectivity index (χ2n) is 5.27. The van der Waals surface area contributed by atoms with Crippen molar-refractivity contribution in [3.05, 3.63) is 65.7 Å². The summed E-state index contributed by atoms with van der Waals surface area (Å²) in [6.45, 7) is 0. The molecule has 0 spiro atoms. The zero-order valence-corrected chi connectivity index (χ0v) is 13.7. The molecule has 128 valence electrons. The summed E-state index contributed by atoms with van der Waals surface area (Å²) in [6, 6.07) is 11.3. The fourth-order valence-corrected chi connectivity index (χ4v) is 2.09. The topological polar surface area (TPSA) is 83.8 Å². The van der Waals surface area contributed by atoms with E-state index in [2.05, 4.69) is 0 Å². The lowest BCUT2D eigenvalue weighted by molar-refractivity contribution is -0.121. The summed E-state index contributed by atoms with van der Waals surface area (Å²) in [4.78, 5) is 23.7. The minimum Gasteiger partial charge on any atom is -0.508 e. The van der Waals surface area contributed by atoms with Crippen molar-refractivity contribution in [1.82, 2.24) is 0 Å². The highest BCUT2D eigenvalue weighted by Gasteiger charge is 2.07. The molecule has 0 aliphatic carbocycles. The first-order chi connectivity index (χ1) is 12.0. The molecule has 0 saturated heterocycles. The molecule has 25 heavy (non-hydrogen) atoms. The number of hydrogen-bond acceptors (Lipinski definition) is 5. The third-order valence-corrected chi connectivity index (χ3v) is 3.40. The van der Waals surface area contributed by atoms with Gasteiger partial charge in [0.2, 0.25) is 0 Å². The summed E-state index contributed by atoms with van der Waals surface area (Å²) < 4.78 is 4.99. The normalized spacial score (nSPS) is 11.1. The number of ether oxygens (including phenoxy) is 1. The van der Waals surface area contributed by atoms with Gasteiger partial charge in [-0.2, -0.15) is 0 Å². The van der Waals surface area contributed by atoms with Crippen LogP contribution in [0.15, 0.2) is 54.6 Å². The fourth-order valence-electron chi connectivity index (χ4n) is 2.09. The first-order valence-corrected chi connectivity index (χ1v) is 7.56. The van der Waals surface area contributed by atoms with E-state index in [4.69, 9.17) is 4.74 Å². The Bertz CT molecular complexity index is 816. The van der Waals surface area contributed by atoms with Crippen LogP contribution in [0.3, 0.4) is 0 Å². The molecule has 0 bridgehead atoms. The van der Waals surface area contributed by atoms with E-state index >= 15 is 0 Å². The molecule has 2 aromatic rings. The molecular formula is C20H18O5. The predicted octanol–water partition coefficient (Wildman–Crippen LogP) is 3.36. The highest BCUT2D eigenvalue weighted by atomic mass is 16.5. The van der Waals surface area contributed by atoms with Crippen LogP contribution in [0.2, 0.25) is 0 Å². The number of para-hydroxylation sites is 1. The number of aromatic hydroxyl groups is 2. The molecule has 0 amide bonds. The second-order valence-corrected chi connectivity index (χ2v) is 5.27. The fraction of sp³-hybridized carbons (Fsp3) is 0.100. The lowest BCUT2D eigenvalue weighted by atomic mass is 10.1. The Balaban J connectivity index is 1.95. The van der Waals surface area contributed by atoms with Gasteiger partial charge in [-0.3, -0.25) is 9.59 Å². The maximum absolute atomic E-state index is 11.9. The number of benzene rings is 2. The Morgan fingerprint density at radius 1 is 0.960 bits per heavy atom. The largest absolute Gasteiger partial charge is 0.508 e. The van der Waals surface area contributed by atoms with E-state index in [-0.39, 0.29) is 29.5 Å². The minimum absolute atomic E-state index is 0.0624. The molecule has 0 radical (unpaired) electrons. The third-order valence-electron chi connectivity index (χ3n) is 3.40. The van der Waals surface area contributed by atoms with Crippen molar-refractivity contribution in [2.75, 3.05) is 7.11 Å². The smallest absolute Gasteiger partial charge is 0.165 e. The molecule has 5 nitrogen and oxygen atoms in total. The quantitative estimate of drug-likeness (QED) is 0.597. The van der Waals surface area contributed by atoms with Gasteiger partial charge in [-0.1, -0.05) is 30.3 Å². The van der Waals surface area contributed by atoms with Gasteiger partial charge >= 0.3 is 0 Å². The zero-order valence-electron chi connectivity index (χ0n) is 13.7. The van der Waals surface area contributed by atoms with E-state index in [0.29, 0.717) is 11.3 Å². The Morgan fingerprint density at radius 3 is 2.24 bits per heavy atom. The van der Waals surface area contributed by atoms with Crippen molar-refractivity contribution in [3.63, 3.8) is 0 Å². The van der Waals surface area contributed by atoms with Crippen LogP contribution in [0.1, 0.15) is 17.5 Å². The summed E-state index contributed by atoms with van der Waals surface area (Å²) in [6.07, 6.45) is 5.32. The van der Waals surface area contributed by atoms with E-state index in [9.17, 15) is 19.8 Å². The van der Waals surface area contributed by atoms with Gasteiger partial charge in [-0.15, -0.1) is 0 Å². The van der Waals surface area contributed by atoms with Crippen molar-refractivity contribution >= 4 is 23.7 Å². The lowest BCUT2D eigenvalue weighted by Gasteiger charge is -2.04. The highest BCUT2D eigenvalue weighted by molar-refractivity contribution is 6.11. The van der Waals surface area contributed by atoms with Crippen molar-refractivity contribution in [2.45, 2.75) is 6.42 Å². The molecule has 2 rings (SSSR count). The Hall–Kier alpha value is -3.34. The number of carbonyl (C=O) groups excluding carboxylic acids is 2. The molecule has 0 heterocycles. The van der Waals surface area contributed by atoms with Crippen molar-refractivity contribution < 1.29 is 24.5 Å². The molecule has 2 N–H and O–H groups in total. The third kappa shape index (κ3) is 5.35. The van der Waals surface area contributed by atoms with Crippen LogP contribution in [-0.4, -0.2) is 28.9 Å². The Morgan fingerprint density at radius 2 is 1.60 bits per heavy atom. The van der Waals surface area contributed by atoms with E-state index in [1.165, 1.54) is 37.5 Å². The highest BCUT2D eigenvalue weighted by Crippen LogP contribution is 2.30. The number of allylic oxidation sites excluding steroid dienone is 2. The van der Waals surface area contributed by atoms with E-state index in [1.54, 1.807) is 36.4 Å². The molecule has 0 aliphatic heterocycles. The van der Waals surface area contributed by atoms with Crippen LogP contribution in [0.25, 0.3) is 12.2 Å². The van der Waals surface area contributed by atoms with Gasteiger partial charge in [0.1, 0.15) is 5.75 Å². The number of rotatable bonds is 7. The number of ketones is 2. The molecule has 0 aromatic heterocycles. The van der Waals surface area contributed by atoms with Gasteiger partial charge in [-0.05, 0) is 42.0 Å². The first-order valence-electron chi connectivity index (χ1n) is 7.56. The van der Waals surface area contributed by atoms with Gasteiger partial charge in [0.25, 0.3) is 0 Å². The monoisotopic (exact) mass is 338 g/mol. The molecule has 0 fully saturated rings. The van der Waals surface area contributed by atoms with Gasteiger partial charge in [0, 0.05) is 5.56 Å². The molecule has 0 atom stereocenters. The molecule has 0 aliphatic rings. The SMILES string of the molecule is COc1cccc(C=CC(=O)CC(=O)C=Cc2ccc(O)cc2)c1O. The summed E-state index contributed by atoms with van der Waals surface area (Å²) in [5, 5.41) is 19.1. The molecule has 5 heteroatoms. The molecule has 0 saturated carbocycles. The summed E-state index contributed by atoms with van der Waals surface area (Å²) in [5.41, 5.74) is 1.18. The van der Waals surface area contributed by atoms with Crippen LogP contribution in [0, 0.1) is 0 Å². The number of hydrogen-bond donors (Lipinski definition) is 2. The zero-order chi connectivity index (χ0) is 18.2. The average molecular weight is 338 g/mol. The van der Waals surface area contributed by atoms with Crippen LogP contribution < -0.4 is 4.74 Å². The maximum Gasteiger partial charge on any atom is 0.165 e. The van der Waals surface area contributed by atoms with Gasteiger partial charge in [0.15, 0.2) is 23.1 Å². The first kappa shape index (κ1) is 18.0. The Kier molecular flexibility index (Phi) is 6.12. The van der Waals surface area contributed by atoms with Crippen molar-refractivity contribution in [2.24, 2.45) is 0 Å². The number of methoxy groups -OCH3 is 1. The van der Waals surface area contributed by atoms with Crippen LogP contribution in [0.5, 0.6) is 17.2 Å². The summed E-state index contributed by atoms with van der Waals surface area (Å²) >= 11 is 0. The van der Waals surface area contributed by atoms with Crippen molar-refractivity contribution in [3.8, 4) is 17.2 Å². The molecular weight excluding hydrogens is 320 g/mol. The van der Waals surface area contributed by atoms with Gasteiger partial charge in [-0.25, -0.2) is 0 Å². The number of phenolic OH excluding ortho intramolecular Hbond substituents is 2. The standard InChI is InChI=1S/C20H18O5/c1-25-19-4-2-3-15(20(19)24)8-12-18(23)13-17(22)11-7-14-5-9-16(21)10-6-14/h2-12,21,24H,13H2,1H3. The number of carbonyl (C=O) groups is 2. The molecule has 0 unspecified atom stereocenters. The predicted molar refractivity (Wildman–Crippen MR) is 95.5 cm³/mol. The summed E-state index contributed by atoms with van der Waals surface area (Å²) in [5.74, 6) is -0.320. The van der Waals surface area contributed by atoms with E-state index in [1.807, 2.05) is 0 Å². The minimum atomic E-state index is -0.373. The maximum atomic E-state index is 11.9. The van der Waals surface area contributed by atoms with Crippen LogP contribution in [0.4, 0.5) is 0 Å². The van der Waals surface area contributed by atoms with Crippen LogP contribution in [-0.2, 0) is 9.59 Å². The van der Waals surface area contributed by atoms with E-state index in [0.717, 1.165) is 5.56 Å². The summed E-state index contributed by atoms with van der Waals surface area (Å²) in [7, 11) is 1.44. The number of phenols is 2. The van der Waals surface area contributed by atoms with Crippen LogP contribution >= 0.6 is 0 Å². The molecule has 2 aromatic carbocycles.